The smallest absolute Gasteiger partial charge is 0.240 e. The summed E-state index contributed by atoms with van der Waals surface area (Å²) in [6.07, 6.45) is 0. The predicted molar refractivity (Wildman–Crippen MR) is 63.1 cm³/mol. The van der Waals surface area contributed by atoms with Crippen LogP contribution in [-0.2, 0) is 11.3 Å². The normalized spacial score (nSPS) is 10.1. The molecule has 1 aromatic carbocycles. The summed E-state index contributed by atoms with van der Waals surface area (Å²) >= 11 is 0. The maximum atomic E-state index is 11.6. The number of aryl methyl sites for hydroxylation is 1. The first-order chi connectivity index (χ1) is 8.22. The van der Waals surface area contributed by atoms with Crippen molar-refractivity contribution in [1.82, 2.24) is 14.9 Å². The van der Waals surface area contributed by atoms with Crippen LogP contribution in [0.25, 0.3) is 11.0 Å². The largest absolute Gasteiger partial charge is 0.341 e. The minimum Gasteiger partial charge on any atom is -0.341 e. The molecule has 0 saturated carbocycles. The molecule has 0 aliphatic rings. The van der Waals surface area contributed by atoms with Crippen molar-refractivity contribution in [2.75, 3.05) is 6.54 Å². The fourth-order valence-corrected chi connectivity index (χ4v) is 1.73. The number of nitrogens with zero attached hydrogens (tertiary/aromatic N) is 3. The number of fused-ring (bicyclic) bond motifs is 1. The number of amides is 1. The first kappa shape index (κ1) is 11.1. The highest BCUT2D eigenvalue weighted by molar-refractivity contribution is 5.81. The second kappa shape index (κ2) is 4.66. The molecule has 0 aliphatic carbocycles. The summed E-state index contributed by atoms with van der Waals surface area (Å²) in [4.78, 5) is 15.9. The summed E-state index contributed by atoms with van der Waals surface area (Å²) in [5.41, 5.74) is 1.80. The first-order valence-electron chi connectivity index (χ1n) is 5.28. The summed E-state index contributed by atoms with van der Waals surface area (Å²) in [6, 6.07) is 9.53. The lowest BCUT2D eigenvalue weighted by Crippen LogP contribution is -2.28. The van der Waals surface area contributed by atoms with E-state index in [9.17, 15) is 4.79 Å². The summed E-state index contributed by atoms with van der Waals surface area (Å²) in [6.45, 7) is 2.08. The molecular formula is C12H12N4O. The number of hydrogen-bond acceptors (Lipinski definition) is 3. The number of imidazole rings is 1. The Hall–Kier alpha value is -2.35. The van der Waals surface area contributed by atoms with Gasteiger partial charge in [-0.25, -0.2) is 4.98 Å². The van der Waals surface area contributed by atoms with Gasteiger partial charge in [-0.1, -0.05) is 12.1 Å². The van der Waals surface area contributed by atoms with Crippen molar-refractivity contribution >= 4 is 16.9 Å². The van der Waals surface area contributed by atoms with Crippen molar-refractivity contribution in [3.8, 4) is 6.07 Å². The maximum absolute atomic E-state index is 11.6. The average Bonchev–Trinajstić information content (AvgIpc) is 2.64. The van der Waals surface area contributed by atoms with E-state index in [-0.39, 0.29) is 19.0 Å². The topological polar surface area (TPSA) is 70.7 Å². The molecule has 1 amide bonds. The molecular weight excluding hydrogens is 216 g/mol. The monoisotopic (exact) mass is 228 g/mol. The van der Waals surface area contributed by atoms with Crippen LogP contribution in [0.3, 0.4) is 0 Å². The van der Waals surface area contributed by atoms with E-state index in [1.807, 2.05) is 41.8 Å². The second-order valence-corrected chi connectivity index (χ2v) is 3.67. The molecule has 0 spiro atoms. The van der Waals surface area contributed by atoms with Crippen molar-refractivity contribution in [3.05, 3.63) is 30.1 Å². The molecule has 0 unspecified atom stereocenters. The highest BCUT2D eigenvalue weighted by Gasteiger charge is 2.09. The Labute approximate surface area is 98.7 Å². The van der Waals surface area contributed by atoms with Gasteiger partial charge in [0, 0.05) is 0 Å². The summed E-state index contributed by atoms with van der Waals surface area (Å²) in [7, 11) is 0. The third-order valence-corrected chi connectivity index (χ3v) is 2.51. The van der Waals surface area contributed by atoms with Gasteiger partial charge >= 0.3 is 0 Å². The zero-order valence-electron chi connectivity index (χ0n) is 9.47. The Balaban J connectivity index is 2.27. The molecule has 0 aliphatic heterocycles. The minimum atomic E-state index is -0.183. The molecule has 2 rings (SSSR count). The Bertz CT molecular complexity index is 594. The molecule has 0 saturated heterocycles. The van der Waals surface area contributed by atoms with Crippen LogP contribution in [0.1, 0.15) is 5.82 Å². The Kier molecular flexibility index (Phi) is 3.06. The summed E-state index contributed by atoms with van der Waals surface area (Å²) < 4.78 is 1.84. The van der Waals surface area contributed by atoms with Gasteiger partial charge in [0.1, 0.15) is 18.9 Å². The molecule has 17 heavy (non-hydrogen) atoms. The molecule has 0 atom stereocenters. The predicted octanol–water partition coefficient (Wildman–Crippen LogP) is 0.984. The van der Waals surface area contributed by atoms with Crippen LogP contribution in [0.15, 0.2) is 24.3 Å². The van der Waals surface area contributed by atoms with Crippen LogP contribution < -0.4 is 5.32 Å². The molecule has 5 nitrogen and oxygen atoms in total. The third-order valence-electron chi connectivity index (χ3n) is 2.51. The van der Waals surface area contributed by atoms with Crippen LogP contribution in [0.4, 0.5) is 0 Å². The highest BCUT2D eigenvalue weighted by atomic mass is 16.1. The molecule has 0 bridgehead atoms. The molecule has 0 radical (unpaired) electrons. The highest BCUT2D eigenvalue weighted by Crippen LogP contribution is 2.14. The fourth-order valence-electron chi connectivity index (χ4n) is 1.73. The number of hydrogen-bond donors (Lipinski definition) is 1. The molecule has 1 N–H and O–H groups in total. The van der Waals surface area contributed by atoms with E-state index in [0.29, 0.717) is 0 Å². The molecule has 1 heterocycles. The maximum Gasteiger partial charge on any atom is 0.240 e. The first-order valence-corrected chi connectivity index (χ1v) is 5.28. The van der Waals surface area contributed by atoms with Crippen LogP contribution in [0.5, 0.6) is 0 Å². The number of carbonyl (C=O) groups is 1. The lowest BCUT2D eigenvalue weighted by atomic mass is 10.3. The SMILES string of the molecule is Cc1nc2ccccc2n1CC(=O)NCC#N. The number of carbonyl (C=O) groups excluding carboxylic acids is 1. The van der Waals surface area contributed by atoms with Gasteiger partial charge in [-0.2, -0.15) is 5.26 Å². The van der Waals surface area contributed by atoms with Crippen LogP contribution in [0.2, 0.25) is 0 Å². The van der Waals surface area contributed by atoms with Gasteiger partial charge in [-0.15, -0.1) is 0 Å². The van der Waals surface area contributed by atoms with E-state index in [1.165, 1.54) is 0 Å². The van der Waals surface area contributed by atoms with Crippen LogP contribution in [-0.4, -0.2) is 22.0 Å². The van der Waals surface area contributed by atoms with Gasteiger partial charge in [0.25, 0.3) is 0 Å². The number of nitriles is 1. The van der Waals surface area contributed by atoms with E-state index in [1.54, 1.807) is 0 Å². The van der Waals surface area contributed by atoms with Crippen molar-refractivity contribution in [1.29, 1.82) is 5.26 Å². The van der Waals surface area contributed by atoms with E-state index in [0.717, 1.165) is 16.9 Å². The van der Waals surface area contributed by atoms with Crippen molar-refractivity contribution < 1.29 is 4.79 Å². The van der Waals surface area contributed by atoms with Gasteiger partial charge in [0.15, 0.2) is 0 Å². The van der Waals surface area contributed by atoms with E-state index < -0.39 is 0 Å². The molecule has 5 heteroatoms. The van der Waals surface area contributed by atoms with E-state index in [2.05, 4.69) is 10.3 Å². The second-order valence-electron chi connectivity index (χ2n) is 3.67. The minimum absolute atomic E-state index is 0.0323. The number of rotatable bonds is 3. The molecule has 0 fully saturated rings. The van der Waals surface area contributed by atoms with Crippen LogP contribution >= 0.6 is 0 Å². The lowest BCUT2D eigenvalue weighted by Gasteiger charge is -2.05. The van der Waals surface area contributed by atoms with Gasteiger partial charge in [-0.05, 0) is 19.1 Å². The number of nitrogens with one attached hydrogen (secondary N) is 1. The van der Waals surface area contributed by atoms with E-state index >= 15 is 0 Å². The van der Waals surface area contributed by atoms with Gasteiger partial charge in [-0.3, -0.25) is 4.79 Å². The summed E-state index contributed by atoms with van der Waals surface area (Å²) in [5.74, 6) is 0.608. The Morgan fingerprint density at radius 1 is 1.53 bits per heavy atom. The fraction of sp³-hybridized carbons (Fsp3) is 0.250. The Morgan fingerprint density at radius 2 is 2.29 bits per heavy atom. The average molecular weight is 228 g/mol. The van der Waals surface area contributed by atoms with Crippen molar-refractivity contribution in [2.45, 2.75) is 13.5 Å². The third kappa shape index (κ3) is 2.26. The molecule has 2 aromatic rings. The number of aromatic nitrogens is 2. The van der Waals surface area contributed by atoms with Gasteiger partial charge < -0.3 is 9.88 Å². The standard InChI is InChI=1S/C12H12N4O/c1-9-15-10-4-2-3-5-11(10)16(9)8-12(17)14-7-6-13/h2-5H,7-8H2,1H3,(H,14,17). The number of benzene rings is 1. The molecule has 1 aromatic heterocycles. The zero-order chi connectivity index (χ0) is 12.3. The number of para-hydroxylation sites is 2. The van der Waals surface area contributed by atoms with Gasteiger partial charge in [0.05, 0.1) is 17.1 Å². The lowest BCUT2D eigenvalue weighted by molar-refractivity contribution is -0.121. The zero-order valence-corrected chi connectivity index (χ0v) is 9.47. The van der Waals surface area contributed by atoms with Gasteiger partial charge in [0.2, 0.25) is 5.91 Å². The Morgan fingerprint density at radius 3 is 3.06 bits per heavy atom. The quantitative estimate of drug-likeness (QED) is 0.796. The van der Waals surface area contributed by atoms with Crippen molar-refractivity contribution in [3.63, 3.8) is 0 Å². The van der Waals surface area contributed by atoms with E-state index in [4.69, 9.17) is 5.26 Å². The van der Waals surface area contributed by atoms with Crippen molar-refractivity contribution in [2.24, 2.45) is 0 Å². The summed E-state index contributed by atoms with van der Waals surface area (Å²) in [5, 5.41) is 10.9. The molecule has 86 valence electrons. The van der Waals surface area contributed by atoms with Crippen LogP contribution in [0, 0.1) is 18.3 Å².